The largest absolute Gasteiger partial charge is 0.446 e. The molecular formula is C41H52ClN7O7S. The zero-order chi connectivity index (χ0) is 40.3. The fourth-order valence-corrected chi connectivity index (χ4v) is 9.14. The summed E-state index contributed by atoms with van der Waals surface area (Å²) in [7, 11) is 0. The molecule has 1 aliphatic carbocycles. The minimum Gasteiger partial charge on any atom is -0.446 e. The van der Waals surface area contributed by atoms with E-state index in [0.29, 0.717) is 35.6 Å². The number of hydrogen-bond acceptors (Lipinski definition) is 10. The minimum absolute atomic E-state index is 0.0383. The number of ether oxygens (including phenoxy) is 2. The van der Waals surface area contributed by atoms with Gasteiger partial charge in [0.15, 0.2) is 22.5 Å². The van der Waals surface area contributed by atoms with Gasteiger partial charge in [0.25, 0.3) is 0 Å². The Hall–Kier alpha value is -4.76. The number of hydrogen-bond donors (Lipinski definition) is 3. The molecule has 3 amide bonds. The smallest absolute Gasteiger partial charge is 0.410 e. The van der Waals surface area contributed by atoms with Gasteiger partial charge in [-0.1, -0.05) is 42.3 Å². The summed E-state index contributed by atoms with van der Waals surface area (Å²) in [6.07, 6.45) is 5.59. The van der Waals surface area contributed by atoms with Crippen LogP contribution in [0.2, 0.25) is 5.02 Å². The molecule has 0 radical (unpaired) electrons. The van der Waals surface area contributed by atoms with Crippen LogP contribution in [-0.4, -0.2) is 101 Å². The van der Waals surface area contributed by atoms with Gasteiger partial charge in [0.05, 0.1) is 22.8 Å². The fourth-order valence-electron chi connectivity index (χ4n) is 7.94. The first-order valence-electron chi connectivity index (χ1n) is 20.0. The Morgan fingerprint density at radius 2 is 1.70 bits per heavy atom. The number of aromatic nitrogens is 1. The van der Waals surface area contributed by atoms with Crippen molar-refractivity contribution in [3.63, 3.8) is 0 Å². The van der Waals surface area contributed by atoms with Crippen molar-refractivity contribution >= 4 is 68.8 Å². The Balaban J connectivity index is 1.26. The van der Waals surface area contributed by atoms with Gasteiger partial charge in [0.1, 0.15) is 18.2 Å². The van der Waals surface area contributed by atoms with Gasteiger partial charge >= 0.3 is 12.2 Å². The third-order valence-corrected chi connectivity index (χ3v) is 12.2. The van der Waals surface area contributed by atoms with Crippen LogP contribution >= 0.6 is 22.9 Å². The van der Waals surface area contributed by atoms with E-state index in [0.717, 1.165) is 56.1 Å². The second kappa shape index (κ2) is 20.1. The number of guanidine groups is 1. The molecule has 16 heteroatoms. The van der Waals surface area contributed by atoms with Crippen LogP contribution in [-0.2, 0) is 25.5 Å². The number of likely N-dealkylation sites (tertiary alicyclic amines) is 2. The topological polar surface area (TPSA) is 200 Å². The number of piperidine rings is 1. The molecule has 3 fully saturated rings. The molecule has 6 rings (SSSR count). The summed E-state index contributed by atoms with van der Waals surface area (Å²) in [5, 5.41) is 3.54. The van der Waals surface area contributed by atoms with Crippen LogP contribution in [0.15, 0.2) is 53.5 Å². The molecule has 14 nitrogen and oxygen atoms in total. The van der Waals surface area contributed by atoms with Crippen LogP contribution in [0.3, 0.4) is 0 Å². The van der Waals surface area contributed by atoms with E-state index in [1.54, 1.807) is 29.2 Å². The predicted octanol–water partition coefficient (Wildman–Crippen LogP) is 6.02. The number of Topliss-reactive ketones (excluding diaryl/α,β-unsaturated/α-hetero) is 2. The number of halogens is 1. The van der Waals surface area contributed by atoms with Gasteiger partial charge < -0.3 is 36.1 Å². The van der Waals surface area contributed by atoms with E-state index in [1.165, 1.54) is 16.2 Å². The lowest BCUT2D eigenvalue weighted by Crippen LogP contribution is -2.53. The summed E-state index contributed by atoms with van der Waals surface area (Å²) in [6.45, 7) is 1.33. The molecule has 3 aromatic rings. The average molecular weight is 822 g/mol. The third kappa shape index (κ3) is 11.7. The van der Waals surface area contributed by atoms with Gasteiger partial charge in [-0.05, 0) is 87.6 Å². The van der Waals surface area contributed by atoms with E-state index in [9.17, 15) is 24.0 Å². The van der Waals surface area contributed by atoms with Crippen molar-refractivity contribution in [2.24, 2.45) is 22.4 Å². The predicted molar refractivity (Wildman–Crippen MR) is 218 cm³/mol. The number of nitrogens with zero attached hydrogens (tertiary/aromatic N) is 4. The van der Waals surface area contributed by atoms with Crippen molar-refractivity contribution < 1.29 is 33.4 Å². The third-order valence-electron chi connectivity index (χ3n) is 10.9. The summed E-state index contributed by atoms with van der Waals surface area (Å²) >= 11 is 7.57. The molecule has 5 N–H and O–H groups in total. The highest BCUT2D eigenvalue weighted by Crippen LogP contribution is 2.31. The number of alkyl carbamates (subject to hydrolysis) is 1. The van der Waals surface area contributed by atoms with E-state index < -0.39 is 42.2 Å². The highest BCUT2D eigenvalue weighted by atomic mass is 35.5. The van der Waals surface area contributed by atoms with E-state index in [4.69, 9.17) is 32.5 Å². The second-order valence-corrected chi connectivity index (χ2v) is 16.6. The van der Waals surface area contributed by atoms with Crippen LogP contribution in [0.5, 0.6) is 0 Å². The normalized spacial score (nSPS) is 19.7. The second-order valence-electron chi connectivity index (χ2n) is 15.2. The number of ketones is 2. The van der Waals surface area contributed by atoms with Crippen molar-refractivity contribution in [2.75, 3.05) is 26.2 Å². The number of aliphatic imine (C=N–C) groups is 1. The lowest BCUT2D eigenvalue weighted by molar-refractivity contribution is -0.139. The fraction of sp³-hybridized carbons (Fsp3) is 0.537. The highest BCUT2D eigenvalue weighted by molar-refractivity contribution is 7.20. The van der Waals surface area contributed by atoms with E-state index in [2.05, 4.69) is 15.3 Å². The van der Waals surface area contributed by atoms with E-state index in [-0.39, 0.29) is 67.4 Å². The molecular weight excluding hydrogens is 770 g/mol. The molecule has 4 atom stereocenters. The zero-order valence-electron chi connectivity index (χ0n) is 32.1. The van der Waals surface area contributed by atoms with E-state index >= 15 is 0 Å². The van der Waals surface area contributed by atoms with Crippen molar-refractivity contribution in [3.05, 3.63) is 64.1 Å². The molecule has 1 aromatic heterocycles. The maximum absolute atomic E-state index is 14.7. The van der Waals surface area contributed by atoms with Crippen LogP contribution in [0.1, 0.15) is 92.4 Å². The van der Waals surface area contributed by atoms with Crippen molar-refractivity contribution in [1.82, 2.24) is 20.1 Å². The average Bonchev–Trinajstić information content (AvgIpc) is 3.84. The van der Waals surface area contributed by atoms with Crippen molar-refractivity contribution in [2.45, 2.75) is 108 Å². The standard InChI is InChI=1S/C41H52ClN7O7S/c42-28-13-9-11-26(21-28)22-32(47-40(53)55-29-14-3-1-4-15-29)38(52)49-25-30(56-41(54)48-19-7-2-8-20-48)24-33(49)34(50)23-27(12-10-18-45-39(43)44)36(51)37-46-31-16-5-6-17-35(31)57-37/h5-6,9,11,13,16-17,21,27,29-30,32-33H,1-4,7-8,10,12,14-15,18-20,22-25H2,(H,47,53)(H4,43,44,45)/t27-,30-,32-,33+/m1/s1. The maximum Gasteiger partial charge on any atom is 0.410 e. The number of rotatable bonds is 15. The molecule has 2 aromatic carbocycles. The minimum atomic E-state index is -1.13. The molecule has 2 aliphatic heterocycles. The maximum atomic E-state index is 14.7. The molecule has 57 heavy (non-hydrogen) atoms. The Bertz CT molecular complexity index is 1890. The molecule has 0 spiro atoms. The monoisotopic (exact) mass is 821 g/mol. The summed E-state index contributed by atoms with van der Waals surface area (Å²) in [4.78, 5) is 81.7. The number of para-hydroxylation sites is 1. The van der Waals surface area contributed by atoms with Crippen LogP contribution in [0.4, 0.5) is 9.59 Å². The van der Waals surface area contributed by atoms with E-state index in [1.807, 2.05) is 24.3 Å². The lowest BCUT2D eigenvalue weighted by atomic mass is 9.89. The van der Waals surface area contributed by atoms with Crippen molar-refractivity contribution in [1.29, 1.82) is 0 Å². The van der Waals surface area contributed by atoms with Crippen LogP contribution < -0.4 is 16.8 Å². The number of carbonyl (C=O) groups is 5. The van der Waals surface area contributed by atoms with Gasteiger partial charge in [0.2, 0.25) is 5.91 Å². The summed E-state index contributed by atoms with van der Waals surface area (Å²) in [5.74, 6) is -2.05. The highest BCUT2D eigenvalue weighted by Gasteiger charge is 2.45. The Morgan fingerprint density at radius 3 is 2.44 bits per heavy atom. The number of benzene rings is 2. The first-order valence-corrected chi connectivity index (χ1v) is 21.2. The molecule has 3 aliphatic rings. The van der Waals surface area contributed by atoms with Crippen LogP contribution in [0, 0.1) is 5.92 Å². The van der Waals surface area contributed by atoms with Gasteiger partial charge in [-0.3, -0.25) is 19.4 Å². The molecule has 0 bridgehead atoms. The summed E-state index contributed by atoms with van der Waals surface area (Å²) < 4.78 is 12.6. The SMILES string of the molecule is NC(N)=NCCC[C@H](CC(=O)[C@@H]1C[C@@H](OC(=O)N2CCCCC2)CN1C(=O)[C@@H](Cc1cccc(Cl)c1)NC(=O)OC1CCCCC1)C(=O)c1nc2ccccc2s1. The Morgan fingerprint density at radius 1 is 0.947 bits per heavy atom. The summed E-state index contributed by atoms with van der Waals surface area (Å²) in [5.41, 5.74) is 12.5. The number of amides is 3. The van der Waals surface area contributed by atoms with Gasteiger partial charge in [-0.15, -0.1) is 11.3 Å². The first kappa shape index (κ1) is 41.9. The summed E-state index contributed by atoms with van der Waals surface area (Å²) in [6, 6.07) is 12.2. The molecule has 306 valence electrons. The molecule has 2 saturated heterocycles. The quantitative estimate of drug-likeness (QED) is 0.0705. The Labute approximate surface area is 341 Å². The molecule has 1 saturated carbocycles. The van der Waals surface area contributed by atoms with Gasteiger partial charge in [-0.25, -0.2) is 14.6 Å². The number of thiazole rings is 1. The Kier molecular flexibility index (Phi) is 14.8. The molecule has 3 heterocycles. The number of fused-ring (bicyclic) bond motifs is 1. The zero-order valence-corrected chi connectivity index (χ0v) is 33.7. The van der Waals surface area contributed by atoms with Crippen LogP contribution in [0.25, 0.3) is 10.2 Å². The number of nitrogens with two attached hydrogens (primary N) is 2. The lowest BCUT2D eigenvalue weighted by Gasteiger charge is -2.30. The number of nitrogens with one attached hydrogen (secondary N) is 1. The van der Waals surface area contributed by atoms with Crippen molar-refractivity contribution in [3.8, 4) is 0 Å². The van der Waals surface area contributed by atoms with Gasteiger partial charge in [-0.2, -0.15) is 0 Å². The van der Waals surface area contributed by atoms with Gasteiger partial charge in [0, 0.05) is 49.8 Å². The number of carbonyl (C=O) groups excluding carboxylic acids is 5. The first-order chi connectivity index (χ1) is 27.5. The molecule has 0 unspecified atom stereocenters.